The van der Waals surface area contributed by atoms with Crippen LogP contribution in [0.4, 0.5) is 0 Å². The summed E-state index contributed by atoms with van der Waals surface area (Å²) in [6.07, 6.45) is 4.53. The van der Waals surface area contributed by atoms with E-state index in [0.29, 0.717) is 23.9 Å². The molecular formula is C16H24ClNO2. The Morgan fingerprint density at radius 2 is 2.05 bits per heavy atom. The lowest BCUT2D eigenvalue weighted by molar-refractivity contribution is -0.145. The zero-order chi connectivity index (χ0) is 14.8. The van der Waals surface area contributed by atoms with Crippen LogP contribution in [0.15, 0.2) is 24.3 Å². The minimum absolute atomic E-state index is 0.164. The standard InChI is InChI=1S/C16H24ClNO2/c1-2-5-13(10-11-18)8-9-16(19)20-12-14-6-3-4-7-15(14)17/h3-4,6-7,13H,2,5,8-12,18H2,1H3. The lowest BCUT2D eigenvalue weighted by atomic mass is 9.94. The van der Waals surface area contributed by atoms with Crippen LogP contribution >= 0.6 is 11.6 Å². The molecule has 0 spiro atoms. The minimum Gasteiger partial charge on any atom is -0.461 e. The van der Waals surface area contributed by atoms with Gasteiger partial charge in [-0.05, 0) is 31.4 Å². The number of ether oxygens (including phenoxy) is 1. The van der Waals surface area contributed by atoms with E-state index in [0.717, 1.165) is 31.2 Å². The molecule has 3 nitrogen and oxygen atoms in total. The molecule has 0 saturated heterocycles. The summed E-state index contributed by atoms with van der Waals surface area (Å²) in [5.41, 5.74) is 6.43. The maximum atomic E-state index is 11.7. The van der Waals surface area contributed by atoms with Crippen LogP contribution in [0.3, 0.4) is 0 Å². The number of hydrogen-bond donors (Lipinski definition) is 1. The smallest absolute Gasteiger partial charge is 0.306 e. The first-order chi connectivity index (χ1) is 9.67. The van der Waals surface area contributed by atoms with Crippen molar-refractivity contribution in [3.63, 3.8) is 0 Å². The highest BCUT2D eigenvalue weighted by molar-refractivity contribution is 6.31. The minimum atomic E-state index is -0.164. The molecule has 4 heteroatoms. The number of benzene rings is 1. The van der Waals surface area contributed by atoms with Gasteiger partial charge in [0.1, 0.15) is 6.61 Å². The van der Waals surface area contributed by atoms with Gasteiger partial charge in [0.15, 0.2) is 0 Å². The molecule has 0 amide bonds. The number of carbonyl (C=O) groups is 1. The van der Waals surface area contributed by atoms with E-state index >= 15 is 0 Å². The molecule has 0 aliphatic rings. The maximum Gasteiger partial charge on any atom is 0.306 e. The zero-order valence-electron chi connectivity index (χ0n) is 12.1. The Morgan fingerprint density at radius 1 is 1.30 bits per heavy atom. The van der Waals surface area contributed by atoms with Crippen LogP contribution in [-0.2, 0) is 16.1 Å². The van der Waals surface area contributed by atoms with E-state index in [9.17, 15) is 4.79 Å². The molecule has 0 radical (unpaired) electrons. The first kappa shape index (κ1) is 17.0. The van der Waals surface area contributed by atoms with Gasteiger partial charge in [0.05, 0.1) is 0 Å². The van der Waals surface area contributed by atoms with Crippen molar-refractivity contribution in [3.05, 3.63) is 34.9 Å². The van der Waals surface area contributed by atoms with Crippen molar-refractivity contribution in [1.82, 2.24) is 0 Å². The predicted octanol–water partition coefficient (Wildman–Crippen LogP) is 3.93. The molecule has 0 aromatic heterocycles. The quantitative estimate of drug-likeness (QED) is 0.703. The molecule has 1 unspecified atom stereocenters. The molecular weight excluding hydrogens is 274 g/mol. The van der Waals surface area contributed by atoms with Crippen molar-refractivity contribution in [1.29, 1.82) is 0 Å². The molecule has 2 N–H and O–H groups in total. The number of nitrogens with two attached hydrogens (primary N) is 1. The van der Waals surface area contributed by atoms with Gasteiger partial charge in [-0.3, -0.25) is 4.79 Å². The van der Waals surface area contributed by atoms with E-state index in [1.807, 2.05) is 18.2 Å². The van der Waals surface area contributed by atoms with E-state index < -0.39 is 0 Å². The number of halogens is 1. The summed E-state index contributed by atoms with van der Waals surface area (Å²) < 4.78 is 5.26. The Morgan fingerprint density at radius 3 is 2.70 bits per heavy atom. The van der Waals surface area contributed by atoms with Gasteiger partial charge in [0.25, 0.3) is 0 Å². The SMILES string of the molecule is CCCC(CCN)CCC(=O)OCc1ccccc1Cl. The lowest BCUT2D eigenvalue weighted by Crippen LogP contribution is -2.12. The van der Waals surface area contributed by atoms with E-state index in [4.69, 9.17) is 22.1 Å². The van der Waals surface area contributed by atoms with Crippen LogP contribution in [-0.4, -0.2) is 12.5 Å². The highest BCUT2D eigenvalue weighted by Crippen LogP contribution is 2.19. The third kappa shape index (κ3) is 6.40. The van der Waals surface area contributed by atoms with E-state index in [2.05, 4.69) is 6.92 Å². The molecule has 0 aliphatic heterocycles. The normalized spacial score (nSPS) is 12.2. The van der Waals surface area contributed by atoms with Crippen molar-refractivity contribution in [2.24, 2.45) is 11.7 Å². The van der Waals surface area contributed by atoms with Gasteiger partial charge < -0.3 is 10.5 Å². The molecule has 1 aromatic carbocycles. The number of hydrogen-bond acceptors (Lipinski definition) is 3. The second kappa shape index (κ2) is 9.78. The Hall–Kier alpha value is -1.06. The van der Waals surface area contributed by atoms with E-state index in [1.54, 1.807) is 6.07 Å². The highest BCUT2D eigenvalue weighted by atomic mass is 35.5. The first-order valence-corrected chi connectivity index (χ1v) is 7.64. The van der Waals surface area contributed by atoms with Gasteiger partial charge in [-0.1, -0.05) is 49.6 Å². The second-order valence-corrected chi connectivity index (χ2v) is 5.43. The summed E-state index contributed by atoms with van der Waals surface area (Å²) in [5.74, 6) is 0.362. The average molecular weight is 298 g/mol. The van der Waals surface area contributed by atoms with E-state index in [1.165, 1.54) is 0 Å². The van der Waals surface area contributed by atoms with Crippen molar-refractivity contribution in [3.8, 4) is 0 Å². The van der Waals surface area contributed by atoms with Crippen molar-refractivity contribution in [2.75, 3.05) is 6.54 Å². The number of esters is 1. The molecule has 1 rings (SSSR count). The van der Waals surface area contributed by atoms with Crippen molar-refractivity contribution >= 4 is 17.6 Å². The van der Waals surface area contributed by atoms with Crippen LogP contribution in [0.2, 0.25) is 5.02 Å². The van der Waals surface area contributed by atoms with Gasteiger partial charge in [-0.15, -0.1) is 0 Å². The Labute approximate surface area is 126 Å². The molecule has 1 atom stereocenters. The molecule has 0 bridgehead atoms. The Kier molecular flexibility index (Phi) is 8.31. The fourth-order valence-electron chi connectivity index (χ4n) is 2.24. The van der Waals surface area contributed by atoms with Crippen LogP contribution in [0.25, 0.3) is 0 Å². The average Bonchev–Trinajstić information content (AvgIpc) is 2.44. The monoisotopic (exact) mass is 297 g/mol. The molecule has 112 valence electrons. The summed E-state index contributed by atoms with van der Waals surface area (Å²) in [5, 5.41) is 0.632. The maximum absolute atomic E-state index is 11.7. The number of carbonyl (C=O) groups excluding carboxylic acids is 1. The van der Waals surface area contributed by atoms with Crippen LogP contribution < -0.4 is 5.73 Å². The fraction of sp³-hybridized carbons (Fsp3) is 0.562. The van der Waals surface area contributed by atoms with Gasteiger partial charge in [0.2, 0.25) is 0 Å². The highest BCUT2D eigenvalue weighted by Gasteiger charge is 2.11. The molecule has 0 saturated carbocycles. The van der Waals surface area contributed by atoms with Crippen LogP contribution in [0.5, 0.6) is 0 Å². The van der Waals surface area contributed by atoms with Gasteiger partial charge in [-0.25, -0.2) is 0 Å². The van der Waals surface area contributed by atoms with Crippen LogP contribution in [0, 0.1) is 5.92 Å². The molecule has 0 heterocycles. The van der Waals surface area contributed by atoms with E-state index in [-0.39, 0.29) is 12.6 Å². The van der Waals surface area contributed by atoms with Gasteiger partial charge in [-0.2, -0.15) is 0 Å². The summed E-state index contributed by atoms with van der Waals surface area (Å²) in [7, 11) is 0. The Bertz CT molecular complexity index is 403. The fourth-order valence-corrected chi connectivity index (χ4v) is 2.44. The molecule has 20 heavy (non-hydrogen) atoms. The summed E-state index contributed by atoms with van der Waals surface area (Å²) in [6.45, 7) is 3.08. The summed E-state index contributed by atoms with van der Waals surface area (Å²) >= 11 is 6.01. The van der Waals surface area contributed by atoms with Crippen LogP contribution in [0.1, 0.15) is 44.6 Å². The predicted molar refractivity (Wildman–Crippen MR) is 82.6 cm³/mol. The first-order valence-electron chi connectivity index (χ1n) is 7.26. The number of rotatable bonds is 9. The zero-order valence-corrected chi connectivity index (χ0v) is 12.9. The molecule has 0 fully saturated rings. The largest absolute Gasteiger partial charge is 0.461 e. The summed E-state index contributed by atoms with van der Waals surface area (Å²) in [4.78, 5) is 11.7. The lowest BCUT2D eigenvalue weighted by Gasteiger charge is -2.14. The second-order valence-electron chi connectivity index (χ2n) is 5.02. The van der Waals surface area contributed by atoms with Crippen molar-refractivity contribution < 1.29 is 9.53 Å². The third-order valence-corrected chi connectivity index (χ3v) is 3.74. The molecule has 0 aliphatic carbocycles. The van der Waals surface area contributed by atoms with Gasteiger partial charge in [0, 0.05) is 17.0 Å². The topological polar surface area (TPSA) is 52.3 Å². The Balaban J connectivity index is 2.31. The summed E-state index contributed by atoms with van der Waals surface area (Å²) in [6, 6.07) is 7.40. The van der Waals surface area contributed by atoms with Gasteiger partial charge >= 0.3 is 5.97 Å². The third-order valence-electron chi connectivity index (χ3n) is 3.38. The molecule has 1 aromatic rings. The van der Waals surface area contributed by atoms with Crippen molar-refractivity contribution in [2.45, 2.75) is 45.6 Å².